The third-order valence-corrected chi connectivity index (χ3v) is 5.79. The van der Waals surface area contributed by atoms with Crippen molar-refractivity contribution in [2.24, 2.45) is 0 Å². The van der Waals surface area contributed by atoms with E-state index in [1.54, 1.807) is 30.5 Å². The van der Waals surface area contributed by atoms with Crippen LogP contribution in [0.15, 0.2) is 29.1 Å². The first kappa shape index (κ1) is 17.1. The largest absolute Gasteiger partial charge is 0.458 e. The summed E-state index contributed by atoms with van der Waals surface area (Å²) >= 11 is 0. The minimum Gasteiger partial charge on any atom is -0.458 e. The summed E-state index contributed by atoms with van der Waals surface area (Å²) in [6.45, 7) is 3.52. The van der Waals surface area contributed by atoms with E-state index >= 15 is 0 Å². The fourth-order valence-corrected chi connectivity index (χ4v) is 4.12. The molecule has 142 valence electrons. The summed E-state index contributed by atoms with van der Waals surface area (Å²) in [4.78, 5) is 29.8. The number of pyridine rings is 2. The van der Waals surface area contributed by atoms with Crippen molar-refractivity contribution in [2.75, 3.05) is 0 Å². The highest BCUT2D eigenvalue weighted by molar-refractivity contribution is 5.86. The van der Waals surface area contributed by atoms with E-state index in [1.807, 2.05) is 6.07 Å². The zero-order valence-electron chi connectivity index (χ0n) is 15.4. The molecule has 0 aliphatic carbocycles. The van der Waals surface area contributed by atoms with Crippen LogP contribution in [-0.4, -0.2) is 20.6 Å². The molecule has 0 saturated carbocycles. The van der Waals surface area contributed by atoms with Gasteiger partial charge in [0, 0.05) is 22.6 Å². The Morgan fingerprint density at radius 3 is 2.82 bits per heavy atom. The molecule has 3 aromatic rings. The molecule has 0 saturated heterocycles. The van der Waals surface area contributed by atoms with Crippen LogP contribution >= 0.6 is 0 Å². The van der Waals surface area contributed by atoms with Gasteiger partial charge >= 0.3 is 5.97 Å². The standard InChI is InChI=1S/C21H17FN2O4/c1-3-21(27)14-6-17-18-12(5-11-4-10(2)15(22)7-16(11)23-18)8-24(17)19(25)13(14)9-28-20(21)26/h4-7,27H,3,8-9H2,1-2H3. The Morgan fingerprint density at radius 1 is 1.29 bits per heavy atom. The molecular formula is C21H17FN2O4. The second-order valence-corrected chi connectivity index (χ2v) is 7.39. The molecule has 0 bridgehead atoms. The molecule has 1 atom stereocenters. The number of cyclic esters (lactones) is 1. The third kappa shape index (κ3) is 2.08. The highest BCUT2D eigenvalue weighted by atomic mass is 19.1. The molecule has 1 aromatic carbocycles. The zero-order valence-corrected chi connectivity index (χ0v) is 15.4. The van der Waals surface area contributed by atoms with Crippen LogP contribution in [0.2, 0.25) is 0 Å². The normalized spacial score (nSPS) is 19.9. The number of fused-ring (bicyclic) bond motifs is 5. The van der Waals surface area contributed by atoms with Gasteiger partial charge in [-0.2, -0.15) is 0 Å². The molecule has 1 N–H and O–H groups in total. The van der Waals surface area contributed by atoms with Crippen molar-refractivity contribution < 1.29 is 19.0 Å². The van der Waals surface area contributed by atoms with E-state index in [0.29, 0.717) is 29.0 Å². The number of esters is 1. The molecule has 28 heavy (non-hydrogen) atoms. The van der Waals surface area contributed by atoms with Crippen molar-refractivity contribution in [3.05, 3.63) is 62.7 Å². The minimum atomic E-state index is -1.86. The SMILES string of the molecule is CCC1(O)C(=O)OCc2c1cc1n(c2=O)Cc2cc3cc(C)c(F)cc3nc2-1. The number of benzene rings is 1. The molecule has 0 spiro atoms. The van der Waals surface area contributed by atoms with Crippen LogP contribution in [0.4, 0.5) is 4.39 Å². The zero-order chi connectivity index (χ0) is 19.8. The summed E-state index contributed by atoms with van der Waals surface area (Å²) in [5.74, 6) is -1.10. The monoisotopic (exact) mass is 380 g/mol. The topological polar surface area (TPSA) is 81.4 Å². The van der Waals surface area contributed by atoms with Crippen molar-refractivity contribution in [1.82, 2.24) is 9.55 Å². The van der Waals surface area contributed by atoms with Crippen molar-refractivity contribution in [1.29, 1.82) is 0 Å². The number of aromatic nitrogens is 2. The quantitative estimate of drug-likeness (QED) is 0.513. The number of aryl methyl sites for hydroxylation is 1. The van der Waals surface area contributed by atoms with Crippen molar-refractivity contribution in [3.8, 4) is 11.4 Å². The van der Waals surface area contributed by atoms with Gasteiger partial charge in [-0.15, -0.1) is 0 Å². The van der Waals surface area contributed by atoms with E-state index in [-0.39, 0.29) is 35.5 Å². The van der Waals surface area contributed by atoms with Crippen LogP contribution < -0.4 is 5.56 Å². The van der Waals surface area contributed by atoms with Gasteiger partial charge in [0.15, 0.2) is 5.60 Å². The average molecular weight is 380 g/mol. The minimum absolute atomic E-state index is 0.0875. The number of hydrogen-bond donors (Lipinski definition) is 1. The Hall–Kier alpha value is -3.06. The number of ether oxygens (including phenoxy) is 1. The van der Waals surface area contributed by atoms with Crippen molar-refractivity contribution in [3.63, 3.8) is 0 Å². The molecule has 4 heterocycles. The molecule has 5 rings (SSSR count). The van der Waals surface area contributed by atoms with Gasteiger partial charge < -0.3 is 14.4 Å². The van der Waals surface area contributed by atoms with Crippen LogP contribution in [0, 0.1) is 12.7 Å². The lowest BCUT2D eigenvalue weighted by atomic mass is 9.86. The Bertz CT molecular complexity index is 1260. The summed E-state index contributed by atoms with van der Waals surface area (Å²) < 4.78 is 20.6. The first-order valence-corrected chi connectivity index (χ1v) is 9.10. The summed E-state index contributed by atoms with van der Waals surface area (Å²) in [6.07, 6.45) is 0.0875. The lowest BCUT2D eigenvalue weighted by Gasteiger charge is -2.31. The van der Waals surface area contributed by atoms with Crippen molar-refractivity contribution in [2.45, 2.75) is 39.0 Å². The molecule has 2 aliphatic heterocycles. The van der Waals surface area contributed by atoms with Gasteiger partial charge in [-0.25, -0.2) is 14.2 Å². The van der Waals surface area contributed by atoms with Gasteiger partial charge in [0.2, 0.25) is 0 Å². The van der Waals surface area contributed by atoms with Gasteiger partial charge in [0.1, 0.15) is 12.4 Å². The highest BCUT2D eigenvalue weighted by Gasteiger charge is 2.45. The lowest BCUT2D eigenvalue weighted by Crippen LogP contribution is -2.44. The molecule has 0 radical (unpaired) electrons. The van der Waals surface area contributed by atoms with E-state index in [0.717, 1.165) is 10.9 Å². The lowest BCUT2D eigenvalue weighted by molar-refractivity contribution is -0.172. The predicted octanol–water partition coefficient (Wildman–Crippen LogP) is 2.53. The Morgan fingerprint density at radius 2 is 2.07 bits per heavy atom. The van der Waals surface area contributed by atoms with E-state index in [9.17, 15) is 19.1 Å². The van der Waals surface area contributed by atoms with Gasteiger partial charge in [0.05, 0.1) is 29.0 Å². The van der Waals surface area contributed by atoms with Crippen LogP contribution in [0.25, 0.3) is 22.3 Å². The molecule has 0 amide bonds. The number of carbonyl (C=O) groups is 1. The number of nitrogens with zero attached hydrogens (tertiary/aromatic N) is 2. The summed E-state index contributed by atoms with van der Waals surface area (Å²) in [5.41, 5.74) is 1.33. The van der Waals surface area contributed by atoms with Crippen LogP contribution in [0.1, 0.15) is 35.6 Å². The van der Waals surface area contributed by atoms with Gasteiger partial charge in [-0.05, 0) is 37.1 Å². The number of halogens is 1. The first-order valence-electron chi connectivity index (χ1n) is 9.10. The Labute approximate surface area is 159 Å². The highest BCUT2D eigenvalue weighted by Crippen LogP contribution is 2.38. The number of aliphatic hydroxyl groups is 1. The maximum atomic E-state index is 14.0. The van der Waals surface area contributed by atoms with E-state index in [2.05, 4.69) is 4.98 Å². The predicted molar refractivity (Wildman–Crippen MR) is 99.2 cm³/mol. The fraction of sp³-hybridized carbons (Fsp3) is 0.286. The maximum Gasteiger partial charge on any atom is 0.343 e. The molecule has 0 fully saturated rings. The Balaban J connectivity index is 1.80. The van der Waals surface area contributed by atoms with Crippen molar-refractivity contribution >= 4 is 16.9 Å². The Kier molecular flexibility index (Phi) is 3.34. The van der Waals surface area contributed by atoms with E-state index < -0.39 is 11.6 Å². The number of carbonyl (C=O) groups excluding carboxylic acids is 1. The number of hydrogen-bond acceptors (Lipinski definition) is 5. The van der Waals surface area contributed by atoms with Crippen LogP contribution in [0.3, 0.4) is 0 Å². The van der Waals surface area contributed by atoms with Crippen LogP contribution in [0.5, 0.6) is 0 Å². The summed E-state index contributed by atoms with van der Waals surface area (Å²) in [5, 5.41) is 11.6. The van der Waals surface area contributed by atoms with E-state index in [1.165, 1.54) is 6.07 Å². The second kappa shape index (κ2) is 5.48. The first-order chi connectivity index (χ1) is 13.3. The second-order valence-electron chi connectivity index (χ2n) is 7.39. The average Bonchev–Trinajstić information content (AvgIpc) is 3.02. The van der Waals surface area contributed by atoms with Gasteiger partial charge in [0.25, 0.3) is 5.56 Å². The maximum absolute atomic E-state index is 14.0. The molecular weight excluding hydrogens is 363 g/mol. The molecule has 7 heteroatoms. The molecule has 1 unspecified atom stereocenters. The molecule has 2 aromatic heterocycles. The third-order valence-electron chi connectivity index (χ3n) is 5.79. The van der Waals surface area contributed by atoms with E-state index in [4.69, 9.17) is 4.74 Å². The molecule has 2 aliphatic rings. The fourth-order valence-electron chi connectivity index (χ4n) is 4.12. The van der Waals surface area contributed by atoms with Crippen LogP contribution in [-0.2, 0) is 28.3 Å². The van der Waals surface area contributed by atoms with Gasteiger partial charge in [-0.3, -0.25) is 4.79 Å². The summed E-state index contributed by atoms with van der Waals surface area (Å²) in [6, 6.07) is 6.67. The molecule has 6 nitrogen and oxygen atoms in total. The summed E-state index contributed by atoms with van der Waals surface area (Å²) in [7, 11) is 0. The smallest absolute Gasteiger partial charge is 0.343 e. The number of rotatable bonds is 1. The van der Waals surface area contributed by atoms with Gasteiger partial charge in [-0.1, -0.05) is 6.92 Å².